The molecule has 0 radical (unpaired) electrons. The van der Waals surface area contributed by atoms with Crippen LogP contribution in [-0.2, 0) is 4.79 Å². The first-order valence-corrected chi connectivity index (χ1v) is 11.2. The molecule has 1 amide bonds. The molecule has 5 rings (SSSR count). The van der Waals surface area contributed by atoms with Gasteiger partial charge in [-0.2, -0.15) is 5.10 Å². The first-order chi connectivity index (χ1) is 14.6. The van der Waals surface area contributed by atoms with Crippen LogP contribution in [0.2, 0.25) is 0 Å². The number of H-pyrrole nitrogens is 1. The molecule has 5 heterocycles. The van der Waals surface area contributed by atoms with Gasteiger partial charge < -0.3 is 4.90 Å². The minimum Gasteiger partial charge on any atom is -0.341 e. The largest absolute Gasteiger partial charge is 0.341 e. The Morgan fingerprint density at radius 3 is 2.83 bits per heavy atom. The normalized spacial score (nSPS) is 16.2. The number of amides is 1. The first kappa shape index (κ1) is 19.1. The van der Waals surface area contributed by atoms with E-state index in [9.17, 15) is 4.79 Å². The maximum absolute atomic E-state index is 13.3. The molecule has 1 N–H and O–H groups in total. The number of nitrogens with one attached hydrogen (secondary N) is 1. The molecule has 10 heteroatoms. The van der Waals surface area contributed by atoms with Crippen LogP contribution in [0.3, 0.4) is 0 Å². The summed E-state index contributed by atoms with van der Waals surface area (Å²) < 4.78 is 4.33. The van der Waals surface area contributed by atoms with Gasteiger partial charge in [-0.3, -0.25) is 18.9 Å². The van der Waals surface area contributed by atoms with Gasteiger partial charge in [0, 0.05) is 25.2 Å². The summed E-state index contributed by atoms with van der Waals surface area (Å²) in [6.45, 7) is 3.27. The summed E-state index contributed by atoms with van der Waals surface area (Å²) in [5.74, 6) is 2.04. The van der Waals surface area contributed by atoms with E-state index in [4.69, 9.17) is 12.2 Å². The zero-order valence-electron chi connectivity index (χ0n) is 16.4. The molecule has 8 nitrogen and oxygen atoms in total. The molecule has 0 spiro atoms. The number of fused-ring (bicyclic) bond motifs is 1. The Morgan fingerprint density at radius 1 is 1.23 bits per heavy atom. The van der Waals surface area contributed by atoms with Gasteiger partial charge in [-0.1, -0.05) is 12.1 Å². The highest BCUT2D eigenvalue weighted by Crippen LogP contribution is 2.30. The van der Waals surface area contributed by atoms with Crippen LogP contribution in [0.15, 0.2) is 41.9 Å². The summed E-state index contributed by atoms with van der Waals surface area (Å²) >= 11 is 7.00. The molecule has 1 saturated heterocycles. The predicted molar refractivity (Wildman–Crippen MR) is 117 cm³/mol. The van der Waals surface area contributed by atoms with E-state index in [-0.39, 0.29) is 5.91 Å². The maximum atomic E-state index is 13.3. The Balaban J connectivity index is 1.32. The van der Waals surface area contributed by atoms with Gasteiger partial charge in [0.15, 0.2) is 16.2 Å². The highest BCUT2D eigenvalue weighted by Gasteiger charge is 2.31. The van der Waals surface area contributed by atoms with Crippen LogP contribution in [0.25, 0.3) is 16.3 Å². The van der Waals surface area contributed by atoms with E-state index < -0.39 is 6.04 Å². The van der Waals surface area contributed by atoms with Gasteiger partial charge in [0.1, 0.15) is 11.9 Å². The third-order valence-electron chi connectivity index (χ3n) is 5.70. The first-order valence-electron chi connectivity index (χ1n) is 9.92. The fourth-order valence-electron chi connectivity index (χ4n) is 4.11. The number of piperidine rings is 1. The highest BCUT2D eigenvalue weighted by molar-refractivity contribution is 7.71. The molecule has 0 saturated carbocycles. The second-order valence-electron chi connectivity index (χ2n) is 7.46. The van der Waals surface area contributed by atoms with Crippen molar-refractivity contribution in [2.75, 3.05) is 13.1 Å². The third-order valence-corrected chi connectivity index (χ3v) is 6.86. The zero-order valence-corrected chi connectivity index (χ0v) is 18.1. The van der Waals surface area contributed by atoms with Crippen molar-refractivity contribution in [3.05, 3.63) is 52.5 Å². The van der Waals surface area contributed by atoms with E-state index in [2.05, 4.69) is 20.4 Å². The molecule has 1 atom stereocenters. The molecule has 4 aromatic rings. The van der Waals surface area contributed by atoms with E-state index in [1.807, 2.05) is 62.7 Å². The minimum absolute atomic E-state index is 0.0647. The second-order valence-corrected chi connectivity index (χ2v) is 8.80. The van der Waals surface area contributed by atoms with E-state index in [1.54, 1.807) is 11.3 Å². The van der Waals surface area contributed by atoms with Crippen molar-refractivity contribution in [1.29, 1.82) is 0 Å². The van der Waals surface area contributed by atoms with Crippen molar-refractivity contribution in [2.24, 2.45) is 0 Å². The average molecular weight is 440 g/mol. The summed E-state index contributed by atoms with van der Waals surface area (Å²) in [7, 11) is 0. The summed E-state index contributed by atoms with van der Waals surface area (Å²) in [6, 6.07) is 9.43. The molecule has 0 aromatic carbocycles. The van der Waals surface area contributed by atoms with Gasteiger partial charge in [-0.05, 0) is 55.6 Å². The SMILES string of the molecule is CC(C(=O)N1CCC(c2nnc3ccccn23)CC1)n1c(-c2cccs2)n[nH]c1=S. The van der Waals surface area contributed by atoms with Crippen LogP contribution in [0.4, 0.5) is 0 Å². The fourth-order valence-corrected chi connectivity index (χ4v) is 5.12. The lowest BCUT2D eigenvalue weighted by Gasteiger charge is -2.33. The molecular formula is C20H21N7OS2. The fraction of sp³-hybridized carbons (Fsp3) is 0.350. The smallest absolute Gasteiger partial charge is 0.245 e. The summed E-state index contributed by atoms with van der Waals surface area (Å²) in [6.07, 6.45) is 3.72. The number of carbonyl (C=O) groups excluding carboxylic acids is 1. The molecule has 1 aliphatic heterocycles. The van der Waals surface area contributed by atoms with Crippen LogP contribution in [0.5, 0.6) is 0 Å². The van der Waals surface area contributed by atoms with Crippen molar-refractivity contribution in [2.45, 2.75) is 31.7 Å². The second kappa shape index (κ2) is 7.77. The highest BCUT2D eigenvalue weighted by atomic mass is 32.1. The van der Waals surface area contributed by atoms with Crippen molar-refractivity contribution in [1.82, 2.24) is 34.3 Å². The van der Waals surface area contributed by atoms with Crippen LogP contribution >= 0.6 is 23.6 Å². The van der Waals surface area contributed by atoms with Crippen LogP contribution < -0.4 is 0 Å². The van der Waals surface area contributed by atoms with Gasteiger partial charge in [0.2, 0.25) is 5.91 Å². The maximum Gasteiger partial charge on any atom is 0.245 e. The van der Waals surface area contributed by atoms with Crippen molar-refractivity contribution in [3.63, 3.8) is 0 Å². The molecule has 30 heavy (non-hydrogen) atoms. The van der Waals surface area contributed by atoms with Crippen LogP contribution in [0.1, 0.15) is 37.5 Å². The lowest BCUT2D eigenvalue weighted by molar-refractivity contribution is -0.135. The number of thiophene rings is 1. The molecule has 0 bridgehead atoms. The number of carbonyl (C=O) groups is 1. The van der Waals surface area contributed by atoms with Crippen molar-refractivity contribution >= 4 is 35.1 Å². The minimum atomic E-state index is -0.418. The van der Waals surface area contributed by atoms with Gasteiger partial charge in [-0.15, -0.1) is 21.5 Å². The van der Waals surface area contributed by atoms with Crippen LogP contribution in [-0.4, -0.2) is 53.3 Å². The number of hydrogen-bond acceptors (Lipinski definition) is 6. The quantitative estimate of drug-likeness (QED) is 0.491. The standard InChI is InChI=1S/C20H21N7OS2/c1-13(27-18(23-24-20(27)29)15-5-4-12-30-15)19(28)25-10-7-14(8-11-25)17-22-21-16-6-2-3-9-26(16)17/h2-6,9,12-14H,7-8,10-11H2,1H3,(H,24,29). The van der Waals surface area contributed by atoms with Gasteiger partial charge in [0.05, 0.1) is 4.88 Å². The van der Waals surface area contributed by atoms with E-state index >= 15 is 0 Å². The lowest BCUT2D eigenvalue weighted by Crippen LogP contribution is -2.41. The molecular weight excluding hydrogens is 418 g/mol. The summed E-state index contributed by atoms with van der Waals surface area (Å²) in [5.41, 5.74) is 0.857. The Labute approximate surface area is 182 Å². The van der Waals surface area contributed by atoms with Gasteiger partial charge >= 0.3 is 0 Å². The Kier molecular flexibility index (Phi) is 4.95. The summed E-state index contributed by atoms with van der Waals surface area (Å²) in [4.78, 5) is 16.2. The van der Waals surface area contributed by atoms with Crippen molar-refractivity contribution in [3.8, 4) is 10.7 Å². The van der Waals surface area contributed by atoms with Gasteiger partial charge in [-0.25, -0.2) is 0 Å². The number of aromatic nitrogens is 6. The number of nitrogens with zero attached hydrogens (tertiary/aromatic N) is 6. The topological polar surface area (TPSA) is 84.1 Å². The predicted octanol–water partition coefficient (Wildman–Crippen LogP) is 3.68. The Hall–Kier alpha value is -2.85. The van der Waals surface area contributed by atoms with E-state index in [1.165, 1.54) is 0 Å². The lowest BCUT2D eigenvalue weighted by atomic mass is 9.95. The molecule has 0 aliphatic carbocycles. The number of hydrogen-bond donors (Lipinski definition) is 1. The van der Waals surface area contributed by atoms with E-state index in [0.29, 0.717) is 29.6 Å². The Bertz CT molecular complexity index is 1230. The molecule has 1 aliphatic rings. The van der Waals surface area contributed by atoms with Gasteiger partial charge in [0.25, 0.3) is 0 Å². The molecule has 154 valence electrons. The van der Waals surface area contributed by atoms with E-state index in [0.717, 1.165) is 29.2 Å². The third kappa shape index (κ3) is 3.25. The average Bonchev–Trinajstić information content (AvgIpc) is 3.52. The Morgan fingerprint density at radius 2 is 2.07 bits per heavy atom. The molecule has 1 unspecified atom stereocenters. The van der Waals surface area contributed by atoms with Crippen molar-refractivity contribution < 1.29 is 4.79 Å². The molecule has 1 fully saturated rings. The number of likely N-dealkylation sites (tertiary alicyclic amines) is 1. The number of rotatable bonds is 4. The summed E-state index contributed by atoms with van der Waals surface area (Å²) in [5, 5.41) is 17.8. The number of aromatic amines is 1. The monoisotopic (exact) mass is 439 g/mol. The molecule has 4 aromatic heterocycles. The van der Waals surface area contributed by atoms with Crippen LogP contribution in [0, 0.1) is 4.77 Å². The number of pyridine rings is 1. The zero-order chi connectivity index (χ0) is 20.7.